The number of aromatic nitrogens is 1. The first-order valence-electron chi connectivity index (χ1n) is 11.9. The van der Waals surface area contributed by atoms with Crippen LogP contribution in [0.2, 0.25) is 0 Å². The largest absolute Gasteiger partial charge is 0.455 e. The lowest BCUT2D eigenvalue weighted by atomic mass is 9.73. The van der Waals surface area contributed by atoms with Gasteiger partial charge < -0.3 is 20.1 Å². The fourth-order valence-electron chi connectivity index (χ4n) is 4.26. The van der Waals surface area contributed by atoms with E-state index in [9.17, 15) is 24.9 Å². The molecule has 6 atom stereocenters. The number of aryl methyl sites for hydroxylation is 1. The van der Waals surface area contributed by atoms with Crippen LogP contribution in [0.15, 0.2) is 23.1 Å². The maximum absolute atomic E-state index is 13.1. The van der Waals surface area contributed by atoms with Gasteiger partial charge in [0.25, 0.3) is 0 Å². The molecule has 0 bridgehead atoms. The number of hydrogen-bond donors (Lipinski definition) is 3. The van der Waals surface area contributed by atoms with E-state index >= 15 is 0 Å². The van der Waals surface area contributed by atoms with Crippen LogP contribution >= 0.6 is 11.3 Å². The number of aliphatic hydroxyl groups excluding tert-OH is 3. The minimum absolute atomic E-state index is 0.109. The van der Waals surface area contributed by atoms with Crippen molar-refractivity contribution in [2.75, 3.05) is 0 Å². The number of allylic oxidation sites excluding steroid dienone is 1. The van der Waals surface area contributed by atoms with Crippen LogP contribution < -0.4 is 0 Å². The van der Waals surface area contributed by atoms with Crippen molar-refractivity contribution in [3.63, 3.8) is 0 Å². The number of cyclic esters (lactones) is 1. The molecule has 190 valence electrons. The van der Waals surface area contributed by atoms with Gasteiger partial charge in [-0.2, -0.15) is 0 Å². The summed E-state index contributed by atoms with van der Waals surface area (Å²) in [6.07, 6.45) is 2.78. The van der Waals surface area contributed by atoms with E-state index in [4.69, 9.17) is 4.74 Å². The van der Waals surface area contributed by atoms with Crippen molar-refractivity contribution in [1.82, 2.24) is 4.98 Å². The van der Waals surface area contributed by atoms with Crippen molar-refractivity contribution in [3.8, 4) is 0 Å². The normalized spacial score (nSPS) is 32.4. The fourth-order valence-corrected chi connectivity index (χ4v) is 4.83. The number of carbonyl (C=O) groups excluding carboxylic acids is 2. The second kappa shape index (κ2) is 12.2. The van der Waals surface area contributed by atoms with Gasteiger partial charge in [-0.05, 0) is 50.7 Å². The summed E-state index contributed by atoms with van der Waals surface area (Å²) in [5, 5.41) is 35.1. The summed E-state index contributed by atoms with van der Waals surface area (Å²) >= 11 is 1.50. The zero-order valence-electron chi connectivity index (χ0n) is 21.0. The van der Waals surface area contributed by atoms with E-state index in [2.05, 4.69) is 4.98 Å². The summed E-state index contributed by atoms with van der Waals surface area (Å²) in [6.45, 7) is 10.4. The van der Waals surface area contributed by atoms with Crippen molar-refractivity contribution in [2.24, 2.45) is 17.3 Å². The number of rotatable bonds is 2. The molecule has 2 rings (SSSR count). The zero-order chi connectivity index (χ0) is 25.6. The lowest BCUT2D eigenvalue weighted by Gasteiger charge is -2.34. The predicted octanol–water partition coefficient (Wildman–Crippen LogP) is 3.85. The summed E-state index contributed by atoms with van der Waals surface area (Å²) in [5.41, 5.74) is 0.0764. The van der Waals surface area contributed by atoms with Gasteiger partial charge in [-0.1, -0.05) is 39.8 Å². The highest BCUT2D eigenvalue weighted by Gasteiger charge is 2.42. The van der Waals surface area contributed by atoms with Crippen LogP contribution in [-0.4, -0.2) is 56.5 Å². The topological polar surface area (TPSA) is 117 Å². The van der Waals surface area contributed by atoms with Crippen molar-refractivity contribution in [3.05, 3.63) is 33.8 Å². The number of esters is 1. The lowest BCUT2D eigenvalue weighted by Crippen LogP contribution is -2.46. The van der Waals surface area contributed by atoms with Gasteiger partial charge in [-0.25, -0.2) is 4.98 Å². The molecule has 0 radical (unpaired) electrons. The Labute approximate surface area is 206 Å². The molecule has 1 aliphatic rings. The van der Waals surface area contributed by atoms with Crippen LogP contribution in [0.5, 0.6) is 0 Å². The van der Waals surface area contributed by atoms with E-state index < -0.39 is 48.1 Å². The molecule has 0 aromatic carbocycles. The number of ether oxygens (including phenoxy) is 1. The van der Waals surface area contributed by atoms with E-state index in [-0.39, 0.29) is 11.7 Å². The Morgan fingerprint density at radius 2 is 1.91 bits per heavy atom. The quantitative estimate of drug-likeness (QED) is 0.423. The average Bonchev–Trinajstić information content (AvgIpc) is 3.18. The number of thiazole rings is 1. The summed E-state index contributed by atoms with van der Waals surface area (Å²) in [5.74, 6) is -1.81. The van der Waals surface area contributed by atoms with Crippen LogP contribution in [0.25, 0.3) is 6.08 Å². The van der Waals surface area contributed by atoms with Crippen LogP contribution in [0.1, 0.15) is 71.0 Å². The highest BCUT2D eigenvalue weighted by atomic mass is 32.1. The second-order valence-electron chi connectivity index (χ2n) is 10.0. The van der Waals surface area contributed by atoms with Crippen molar-refractivity contribution in [1.29, 1.82) is 0 Å². The molecule has 1 aromatic heterocycles. The van der Waals surface area contributed by atoms with E-state index in [0.29, 0.717) is 24.1 Å². The number of aliphatic hydroxyl groups is 3. The van der Waals surface area contributed by atoms with Gasteiger partial charge in [0.15, 0.2) is 6.10 Å². The predicted molar refractivity (Wildman–Crippen MR) is 133 cm³/mol. The van der Waals surface area contributed by atoms with E-state index in [1.54, 1.807) is 39.8 Å². The van der Waals surface area contributed by atoms with Crippen LogP contribution in [0.4, 0.5) is 0 Å². The molecule has 0 unspecified atom stereocenters. The van der Waals surface area contributed by atoms with Gasteiger partial charge in [0.05, 0.1) is 34.7 Å². The fraction of sp³-hybridized carbons (Fsp3) is 0.654. The molecular formula is C26H39NO6S. The highest BCUT2D eigenvalue weighted by molar-refractivity contribution is 7.09. The smallest absolute Gasteiger partial charge is 0.309 e. The molecule has 7 nitrogen and oxygen atoms in total. The number of carbonyl (C=O) groups is 2. The van der Waals surface area contributed by atoms with Crippen LogP contribution in [0.3, 0.4) is 0 Å². The van der Waals surface area contributed by atoms with E-state index in [1.165, 1.54) is 11.3 Å². The van der Waals surface area contributed by atoms with Gasteiger partial charge >= 0.3 is 5.97 Å². The molecule has 2 heterocycles. The van der Waals surface area contributed by atoms with Crippen molar-refractivity contribution >= 4 is 29.2 Å². The highest BCUT2D eigenvalue weighted by Crippen LogP contribution is 2.32. The first kappa shape index (κ1) is 28.4. The lowest BCUT2D eigenvalue weighted by molar-refractivity contribution is -0.157. The summed E-state index contributed by atoms with van der Waals surface area (Å²) in [6, 6.07) is 0. The number of ketones is 1. The molecule has 0 saturated heterocycles. The van der Waals surface area contributed by atoms with Gasteiger partial charge in [-0.15, -0.1) is 11.3 Å². The Morgan fingerprint density at radius 1 is 1.24 bits per heavy atom. The van der Waals surface area contributed by atoms with Crippen LogP contribution in [-0.2, 0) is 14.3 Å². The molecule has 0 amide bonds. The number of hydrogen-bond acceptors (Lipinski definition) is 8. The Hall–Kier alpha value is -1.87. The summed E-state index contributed by atoms with van der Waals surface area (Å²) in [7, 11) is 0. The first-order valence-corrected chi connectivity index (χ1v) is 12.8. The molecule has 0 spiro atoms. The van der Waals surface area contributed by atoms with Crippen LogP contribution in [0, 0.1) is 24.2 Å². The second-order valence-corrected chi connectivity index (χ2v) is 11.1. The summed E-state index contributed by atoms with van der Waals surface area (Å²) in [4.78, 5) is 30.3. The van der Waals surface area contributed by atoms with E-state index in [0.717, 1.165) is 11.4 Å². The Balaban J connectivity index is 2.34. The Morgan fingerprint density at radius 3 is 2.53 bits per heavy atom. The summed E-state index contributed by atoms with van der Waals surface area (Å²) < 4.78 is 5.61. The minimum atomic E-state index is -1.30. The minimum Gasteiger partial charge on any atom is -0.455 e. The van der Waals surface area contributed by atoms with Gasteiger partial charge in [0, 0.05) is 11.3 Å². The maximum Gasteiger partial charge on any atom is 0.309 e. The molecule has 0 fully saturated rings. The molecule has 3 N–H and O–H groups in total. The van der Waals surface area contributed by atoms with E-state index in [1.807, 2.05) is 25.3 Å². The molecule has 0 saturated carbocycles. The van der Waals surface area contributed by atoms with Gasteiger partial charge in [0.1, 0.15) is 11.9 Å². The SMILES string of the molecule is C/C(=C\c1csc(C)n1)[C@H]1OC(=O)C[C@H](O)C(C)(C)C(=O)[C@H](C)[C@@H](O)[C@@H](C)CCCC=C[C@@H]1O. The monoisotopic (exact) mass is 493 g/mol. The standard InChI is InChI=1S/C26H39NO6S/c1-15-10-8-7-9-11-20(28)24(16(2)12-19-14-34-18(4)27-19)33-22(30)13-21(29)26(5,6)25(32)17(3)23(15)31/h9,11-12,14-15,17,20-21,23-24,28-29,31H,7-8,10,13H2,1-6H3/b11-9?,16-12+/t15-,17+,20-,21-,23-,24+/m0/s1. The third kappa shape index (κ3) is 7.31. The average molecular weight is 494 g/mol. The Bertz CT molecular complexity index is 905. The molecular weight excluding hydrogens is 454 g/mol. The van der Waals surface area contributed by atoms with Gasteiger partial charge in [0.2, 0.25) is 0 Å². The number of Topliss-reactive ketones (excluding diaryl/α,β-unsaturated/α-hetero) is 1. The first-order chi connectivity index (χ1) is 15.8. The molecule has 8 heteroatoms. The van der Waals surface area contributed by atoms with Crippen molar-refractivity contribution in [2.45, 2.75) is 91.6 Å². The number of nitrogens with zero attached hydrogens (tertiary/aromatic N) is 1. The third-order valence-corrected chi connectivity index (χ3v) is 7.52. The molecule has 34 heavy (non-hydrogen) atoms. The zero-order valence-corrected chi connectivity index (χ0v) is 21.8. The maximum atomic E-state index is 13.1. The third-order valence-electron chi connectivity index (χ3n) is 6.73. The van der Waals surface area contributed by atoms with Gasteiger partial charge in [-0.3, -0.25) is 9.59 Å². The molecule has 1 aromatic rings. The van der Waals surface area contributed by atoms with Crippen molar-refractivity contribution < 1.29 is 29.6 Å². The molecule has 0 aliphatic carbocycles. The molecule has 1 aliphatic heterocycles. The Kier molecular flexibility index (Phi) is 10.2.